The van der Waals surface area contributed by atoms with Crippen LogP contribution in [0.4, 0.5) is 5.69 Å². The quantitative estimate of drug-likeness (QED) is 0.583. The van der Waals surface area contributed by atoms with Gasteiger partial charge in [0.15, 0.2) is 0 Å². The molecule has 7 heteroatoms. The zero-order chi connectivity index (χ0) is 21.0. The van der Waals surface area contributed by atoms with Crippen molar-refractivity contribution in [1.82, 2.24) is 5.32 Å². The summed E-state index contributed by atoms with van der Waals surface area (Å²) in [6, 6.07) is 20.3. The number of carbonyl (C=O) groups is 1. The van der Waals surface area contributed by atoms with Crippen molar-refractivity contribution in [2.75, 3.05) is 4.72 Å². The molecule has 0 aliphatic rings. The highest BCUT2D eigenvalue weighted by Gasteiger charge is 2.21. The van der Waals surface area contributed by atoms with E-state index in [4.69, 9.17) is 11.6 Å². The van der Waals surface area contributed by atoms with Crippen molar-refractivity contribution in [2.45, 2.75) is 24.8 Å². The average molecular weight is 429 g/mol. The Morgan fingerprint density at radius 1 is 0.966 bits per heavy atom. The van der Waals surface area contributed by atoms with Crippen LogP contribution in [-0.2, 0) is 10.0 Å². The highest BCUT2D eigenvalue weighted by atomic mass is 35.5. The van der Waals surface area contributed by atoms with Gasteiger partial charge in [0.1, 0.15) is 4.90 Å². The first-order valence-corrected chi connectivity index (χ1v) is 10.9. The Labute approximate surface area is 175 Å². The Morgan fingerprint density at radius 3 is 2.28 bits per heavy atom. The number of aryl methyl sites for hydroxylation is 1. The van der Waals surface area contributed by atoms with Crippen LogP contribution >= 0.6 is 11.6 Å². The van der Waals surface area contributed by atoms with Crippen LogP contribution in [-0.4, -0.2) is 14.3 Å². The summed E-state index contributed by atoms with van der Waals surface area (Å²) < 4.78 is 28.0. The molecule has 0 aliphatic carbocycles. The maximum absolute atomic E-state index is 12.7. The first-order chi connectivity index (χ1) is 13.8. The van der Waals surface area contributed by atoms with E-state index < -0.39 is 10.0 Å². The number of benzene rings is 3. The molecular weight excluding hydrogens is 408 g/mol. The van der Waals surface area contributed by atoms with Crippen LogP contribution in [0.2, 0.25) is 5.02 Å². The normalized spacial score (nSPS) is 12.2. The number of sulfonamides is 1. The lowest BCUT2D eigenvalue weighted by molar-refractivity contribution is 0.0939. The van der Waals surface area contributed by atoms with Crippen LogP contribution < -0.4 is 10.0 Å². The molecule has 0 aliphatic heterocycles. The van der Waals surface area contributed by atoms with Gasteiger partial charge in [-0.05, 0) is 49.7 Å². The van der Waals surface area contributed by atoms with Crippen LogP contribution in [0.3, 0.4) is 0 Å². The smallest absolute Gasteiger partial charge is 0.263 e. The van der Waals surface area contributed by atoms with E-state index in [1.165, 1.54) is 18.2 Å². The fraction of sp³-hybridized carbons (Fsp3) is 0.136. The Kier molecular flexibility index (Phi) is 6.25. The Balaban J connectivity index is 1.82. The molecule has 3 aromatic carbocycles. The highest BCUT2D eigenvalue weighted by Crippen LogP contribution is 2.25. The number of hydrogen-bond donors (Lipinski definition) is 2. The molecule has 0 heterocycles. The predicted octanol–water partition coefficient (Wildman–Crippen LogP) is 4.94. The molecule has 1 amide bonds. The Morgan fingerprint density at radius 2 is 1.62 bits per heavy atom. The zero-order valence-corrected chi connectivity index (χ0v) is 17.6. The fourth-order valence-corrected chi connectivity index (χ4v) is 4.37. The number of anilines is 1. The third-order valence-electron chi connectivity index (χ3n) is 4.43. The van der Waals surface area contributed by atoms with Crippen LogP contribution in [0.5, 0.6) is 0 Å². The van der Waals surface area contributed by atoms with Crippen molar-refractivity contribution in [3.63, 3.8) is 0 Å². The van der Waals surface area contributed by atoms with Crippen LogP contribution in [0.1, 0.15) is 34.5 Å². The lowest BCUT2D eigenvalue weighted by Gasteiger charge is -2.16. The van der Waals surface area contributed by atoms with Gasteiger partial charge in [0.05, 0.1) is 11.1 Å². The fourth-order valence-electron chi connectivity index (χ4n) is 2.79. The first kappa shape index (κ1) is 20.9. The van der Waals surface area contributed by atoms with Crippen molar-refractivity contribution in [1.29, 1.82) is 0 Å². The van der Waals surface area contributed by atoms with Gasteiger partial charge < -0.3 is 5.32 Å². The van der Waals surface area contributed by atoms with Gasteiger partial charge >= 0.3 is 0 Å². The SMILES string of the molecule is Cc1ccc([C@H](C)NC(=O)c2ccc(Cl)c(S(=O)(=O)Nc3ccccc3)c2)cc1. The topological polar surface area (TPSA) is 75.3 Å². The number of carbonyl (C=O) groups excluding carboxylic acids is 1. The molecule has 0 radical (unpaired) electrons. The molecule has 29 heavy (non-hydrogen) atoms. The van der Waals surface area contributed by atoms with Crippen LogP contribution in [0.25, 0.3) is 0 Å². The van der Waals surface area contributed by atoms with Crippen molar-refractivity contribution in [2.24, 2.45) is 0 Å². The van der Waals surface area contributed by atoms with Crippen molar-refractivity contribution in [3.05, 3.63) is 94.5 Å². The first-order valence-electron chi connectivity index (χ1n) is 9.01. The molecule has 0 spiro atoms. The van der Waals surface area contributed by atoms with Gasteiger partial charge in [-0.15, -0.1) is 0 Å². The second-order valence-corrected chi connectivity index (χ2v) is 8.78. The zero-order valence-electron chi connectivity index (χ0n) is 16.0. The van der Waals surface area contributed by atoms with Crippen LogP contribution in [0.15, 0.2) is 77.7 Å². The summed E-state index contributed by atoms with van der Waals surface area (Å²) in [5.74, 6) is -0.383. The molecule has 150 valence electrons. The second kappa shape index (κ2) is 8.68. The van der Waals surface area contributed by atoms with Gasteiger partial charge in [-0.3, -0.25) is 9.52 Å². The maximum Gasteiger partial charge on any atom is 0.263 e. The van der Waals surface area contributed by atoms with Gasteiger partial charge in [0, 0.05) is 11.3 Å². The molecule has 0 saturated heterocycles. The number of nitrogens with one attached hydrogen (secondary N) is 2. The number of para-hydroxylation sites is 1. The van der Waals surface area contributed by atoms with E-state index in [-0.39, 0.29) is 27.4 Å². The van der Waals surface area contributed by atoms with E-state index in [1.54, 1.807) is 30.3 Å². The second-order valence-electron chi connectivity index (χ2n) is 6.72. The molecular formula is C22H21ClN2O3S. The van der Waals surface area contributed by atoms with Gasteiger partial charge in [-0.25, -0.2) is 8.42 Å². The Hall–Kier alpha value is -2.83. The Bertz CT molecular complexity index is 1110. The summed E-state index contributed by atoms with van der Waals surface area (Å²) in [6.45, 7) is 3.86. The van der Waals surface area contributed by atoms with Crippen molar-refractivity contribution < 1.29 is 13.2 Å². The summed E-state index contributed by atoms with van der Waals surface area (Å²) >= 11 is 6.12. The van der Waals surface area contributed by atoms with Crippen molar-refractivity contribution in [3.8, 4) is 0 Å². The number of amides is 1. The molecule has 0 fully saturated rings. The maximum atomic E-state index is 12.7. The third-order valence-corrected chi connectivity index (χ3v) is 6.30. The third kappa shape index (κ3) is 5.16. The van der Waals surface area contributed by atoms with Gasteiger partial charge in [0.25, 0.3) is 15.9 Å². The highest BCUT2D eigenvalue weighted by molar-refractivity contribution is 7.92. The van der Waals surface area contributed by atoms with E-state index in [0.717, 1.165) is 11.1 Å². The predicted molar refractivity (Wildman–Crippen MR) is 116 cm³/mol. The molecule has 3 rings (SSSR count). The lowest BCUT2D eigenvalue weighted by Crippen LogP contribution is -2.27. The minimum atomic E-state index is -3.95. The van der Waals surface area contributed by atoms with E-state index in [9.17, 15) is 13.2 Å². The number of rotatable bonds is 6. The molecule has 0 saturated carbocycles. The van der Waals surface area contributed by atoms with E-state index in [2.05, 4.69) is 10.0 Å². The summed E-state index contributed by atoms with van der Waals surface area (Å²) in [6.07, 6.45) is 0. The van der Waals surface area contributed by atoms with E-state index >= 15 is 0 Å². The average Bonchev–Trinajstić information content (AvgIpc) is 2.69. The van der Waals surface area contributed by atoms with Crippen LogP contribution in [0, 0.1) is 6.92 Å². The summed E-state index contributed by atoms with van der Waals surface area (Å²) in [4.78, 5) is 12.5. The molecule has 3 aromatic rings. The summed E-state index contributed by atoms with van der Waals surface area (Å²) in [7, 11) is -3.95. The van der Waals surface area contributed by atoms with Gasteiger partial charge in [-0.2, -0.15) is 0 Å². The molecule has 0 aromatic heterocycles. The van der Waals surface area contributed by atoms with Crippen molar-refractivity contribution >= 4 is 33.2 Å². The number of halogens is 1. The molecule has 0 unspecified atom stereocenters. The van der Waals surface area contributed by atoms with E-state index in [0.29, 0.717) is 5.69 Å². The van der Waals surface area contributed by atoms with E-state index in [1.807, 2.05) is 38.1 Å². The lowest BCUT2D eigenvalue weighted by atomic mass is 10.1. The van der Waals surface area contributed by atoms with Gasteiger partial charge in [-0.1, -0.05) is 59.6 Å². The standard InChI is InChI=1S/C22H21ClN2O3S/c1-15-8-10-17(11-9-15)16(2)24-22(26)18-12-13-20(23)21(14-18)29(27,28)25-19-6-4-3-5-7-19/h3-14,16,25H,1-2H3,(H,24,26)/t16-/m0/s1. The summed E-state index contributed by atoms with van der Waals surface area (Å²) in [5, 5.41) is 2.92. The molecule has 2 N–H and O–H groups in total. The molecule has 0 bridgehead atoms. The minimum Gasteiger partial charge on any atom is -0.346 e. The van der Waals surface area contributed by atoms with Gasteiger partial charge in [0.2, 0.25) is 0 Å². The largest absolute Gasteiger partial charge is 0.346 e. The number of hydrogen-bond acceptors (Lipinski definition) is 3. The monoisotopic (exact) mass is 428 g/mol. The summed E-state index contributed by atoms with van der Waals surface area (Å²) in [5.41, 5.74) is 2.70. The minimum absolute atomic E-state index is 0.0385. The molecule has 1 atom stereocenters. The molecule has 5 nitrogen and oxygen atoms in total.